The van der Waals surface area contributed by atoms with Crippen LogP contribution in [0.15, 0.2) is 0 Å². The Balaban J connectivity index is 1.88. The average molecular weight is 237 g/mol. The Kier molecular flexibility index (Phi) is 4.52. The minimum absolute atomic E-state index is 0.652. The lowest BCUT2D eigenvalue weighted by molar-refractivity contribution is 0.172. The van der Waals surface area contributed by atoms with Gasteiger partial charge in [-0.2, -0.15) is 0 Å². The van der Waals surface area contributed by atoms with Crippen LogP contribution in [-0.4, -0.2) is 12.6 Å². The fourth-order valence-electron chi connectivity index (χ4n) is 3.72. The Morgan fingerprint density at radius 1 is 1.12 bits per heavy atom. The first-order valence-electron chi connectivity index (χ1n) is 7.93. The Morgan fingerprint density at radius 3 is 2.24 bits per heavy atom. The molecule has 0 spiro atoms. The van der Waals surface area contributed by atoms with Crippen molar-refractivity contribution in [1.29, 1.82) is 0 Å². The summed E-state index contributed by atoms with van der Waals surface area (Å²) in [7, 11) is 0. The lowest BCUT2D eigenvalue weighted by Gasteiger charge is -2.37. The van der Waals surface area contributed by atoms with Crippen molar-refractivity contribution in [3.05, 3.63) is 0 Å². The van der Waals surface area contributed by atoms with Crippen LogP contribution in [0.2, 0.25) is 0 Å². The van der Waals surface area contributed by atoms with Crippen LogP contribution in [0.3, 0.4) is 0 Å². The molecule has 1 atom stereocenters. The molecule has 17 heavy (non-hydrogen) atoms. The third kappa shape index (κ3) is 3.24. The molecule has 1 N–H and O–H groups in total. The Hall–Kier alpha value is -0.0400. The fraction of sp³-hybridized carbons (Fsp3) is 1.00. The maximum absolute atomic E-state index is 3.87. The second kappa shape index (κ2) is 5.73. The molecule has 0 heterocycles. The highest BCUT2D eigenvalue weighted by molar-refractivity contribution is 5.02. The molecule has 1 nitrogen and oxygen atoms in total. The molecule has 100 valence electrons. The van der Waals surface area contributed by atoms with Gasteiger partial charge in [0.15, 0.2) is 0 Å². The van der Waals surface area contributed by atoms with Crippen molar-refractivity contribution in [2.24, 2.45) is 17.3 Å². The van der Waals surface area contributed by atoms with E-state index in [9.17, 15) is 0 Å². The van der Waals surface area contributed by atoms with Crippen molar-refractivity contribution in [2.45, 2.75) is 78.2 Å². The van der Waals surface area contributed by atoms with Crippen molar-refractivity contribution in [3.63, 3.8) is 0 Å². The topological polar surface area (TPSA) is 12.0 Å². The van der Waals surface area contributed by atoms with Crippen LogP contribution in [0.1, 0.15) is 72.1 Å². The Bertz CT molecular complexity index is 224. The monoisotopic (exact) mass is 237 g/mol. The lowest BCUT2D eigenvalue weighted by atomic mass is 9.73. The van der Waals surface area contributed by atoms with E-state index in [2.05, 4.69) is 26.1 Å². The van der Waals surface area contributed by atoms with Crippen molar-refractivity contribution in [2.75, 3.05) is 6.54 Å². The van der Waals surface area contributed by atoms with Crippen LogP contribution in [0.4, 0.5) is 0 Å². The molecule has 0 radical (unpaired) electrons. The summed E-state index contributed by atoms with van der Waals surface area (Å²) in [5, 5.41) is 3.87. The predicted molar refractivity (Wildman–Crippen MR) is 75.2 cm³/mol. The summed E-state index contributed by atoms with van der Waals surface area (Å²) in [6, 6.07) is 0.820. The van der Waals surface area contributed by atoms with Gasteiger partial charge in [0.25, 0.3) is 0 Å². The molecule has 2 aliphatic rings. The van der Waals surface area contributed by atoms with Crippen LogP contribution < -0.4 is 5.32 Å². The van der Waals surface area contributed by atoms with E-state index in [0.29, 0.717) is 5.41 Å². The number of rotatable bonds is 6. The molecule has 0 aromatic heterocycles. The molecule has 2 saturated carbocycles. The summed E-state index contributed by atoms with van der Waals surface area (Å²) in [6.07, 6.45) is 11.5. The first kappa shape index (κ1) is 13.4. The minimum Gasteiger partial charge on any atom is -0.313 e. The van der Waals surface area contributed by atoms with Gasteiger partial charge in [-0.3, -0.25) is 0 Å². The van der Waals surface area contributed by atoms with Crippen LogP contribution in [0, 0.1) is 17.3 Å². The maximum atomic E-state index is 3.87. The fourth-order valence-corrected chi connectivity index (χ4v) is 3.72. The molecule has 1 heteroatoms. The second-order valence-electron chi connectivity index (χ2n) is 6.77. The maximum Gasteiger partial charge on any atom is 0.0149 e. The quantitative estimate of drug-likeness (QED) is 0.723. The van der Waals surface area contributed by atoms with E-state index >= 15 is 0 Å². The molecule has 2 rings (SSSR count). The van der Waals surface area contributed by atoms with Gasteiger partial charge < -0.3 is 5.32 Å². The molecule has 0 aromatic carbocycles. The lowest BCUT2D eigenvalue weighted by Crippen LogP contribution is -2.44. The molecule has 0 aromatic rings. The molecule has 0 amide bonds. The van der Waals surface area contributed by atoms with Gasteiger partial charge in [0.05, 0.1) is 0 Å². The van der Waals surface area contributed by atoms with Gasteiger partial charge in [-0.05, 0) is 55.9 Å². The van der Waals surface area contributed by atoms with E-state index in [0.717, 1.165) is 17.9 Å². The van der Waals surface area contributed by atoms with E-state index < -0.39 is 0 Å². The van der Waals surface area contributed by atoms with Crippen LogP contribution in [-0.2, 0) is 0 Å². The van der Waals surface area contributed by atoms with Crippen molar-refractivity contribution >= 4 is 0 Å². The minimum atomic E-state index is 0.652. The third-order valence-electron chi connectivity index (χ3n) is 5.34. The van der Waals surface area contributed by atoms with E-state index in [1.54, 1.807) is 0 Å². The average Bonchev–Trinajstić information content (AvgIpc) is 3.09. The number of nitrogens with one attached hydrogen (secondary N) is 1. The van der Waals surface area contributed by atoms with E-state index in [-0.39, 0.29) is 0 Å². The molecule has 2 aliphatic carbocycles. The highest BCUT2D eigenvalue weighted by atomic mass is 15.0. The number of hydrogen-bond donors (Lipinski definition) is 1. The Labute approximate surface area is 108 Å². The van der Waals surface area contributed by atoms with Crippen molar-refractivity contribution in [1.82, 2.24) is 5.32 Å². The summed E-state index contributed by atoms with van der Waals surface area (Å²) >= 11 is 0. The molecule has 0 saturated heterocycles. The zero-order chi connectivity index (χ0) is 12.3. The zero-order valence-corrected chi connectivity index (χ0v) is 12.1. The smallest absolute Gasteiger partial charge is 0.0149 e. The zero-order valence-electron chi connectivity index (χ0n) is 12.1. The van der Waals surface area contributed by atoms with E-state index in [1.165, 1.54) is 57.9 Å². The molecular weight excluding hydrogens is 206 g/mol. The Morgan fingerprint density at radius 2 is 1.76 bits per heavy atom. The first-order chi connectivity index (χ1) is 8.19. The van der Waals surface area contributed by atoms with Gasteiger partial charge in [-0.25, -0.2) is 0 Å². The van der Waals surface area contributed by atoms with Gasteiger partial charge in [-0.15, -0.1) is 0 Å². The predicted octanol–water partition coefficient (Wildman–Crippen LogP) is 4.37. The summed E-state index contributed by atoms with van der Waals surface area (Å²) in [5.41, 5.74) is 0.652. The second-order valence-corrected chi connectivity index (χ2v) is 6.77. The van der Waals surface area contributed by atoms with Crippen molar-refractivity contribution in [3.8, 4) is 0 Å². The van der Waals surface area contributed by atoms with Gasteiger partial charge in [0, 0.05) is 6.04 Å². The van der Waals surface area contributed by atoms with Gasteiger partial charge in [-0.1, -0.05) is 40.0 Å². The van der Waals surface area contributed by atoms with Gasteiger partial charge in [0.1, 0.15) is 0 Å². The molecule has 1 unspecified atom stereocenters. The van der Waals surface area contributed by atoms with Crippen LogP contribution >= 0.6 is 0 Å². The van der Waals surface area contributed by atoms with Crippen LogP contribution in [0.25, 0.3) is 0 Å². The third-order valence-corrected chi connectivity index (χ3v) is 5.34. The van der Waals surface area contributed by atoms with E-state index in [4.69, 9.17) is 0 Å². The molecular formula is C16H31N. The molecule has 2 fully saturated rings. The summed E-state index contributed by atoms with van der Waals surface area (Å²) in [6.45, 7) is 8.37. The molecule has 0 bridgehead atoms. The summed E-state index contributed by atoms with van der Waals surface area (Å²) < 4.78 is 0. The van der Waals surface area contributed by atoms with Gasteiger partial charge >= 0.3 is 0 Å². The highest BCUT2D eigenvalue weighted by Crippen LogP contribution is 2.52. The van der Waals surface area contributed by atoms with Crippen LogP contribution in [0.5, 0.6) is 0 Å². The molecule has 0 aliphatic heterocycles. The van der Waals surface area contributed by atoms with Crippen molar-refractivity contribution < 1.29 is 0 Å². The first-order valence-corrected chi connectivity index (χ1v) is 7.93. The standard InChI is InChI=1S/C16H31N/c1-4-12-17-15(16(3)10-11-16)14-8-6-13(5-2)7-9-14/h13-15,17H,4-12H2,1-3H3. The summed E-state index contributed by atoms with van der Waals surface area (Å²) in [5.74, 6) is 2.00. The largest absolute Gasteiger partial charge is 0.313 e. The highest BCUT2D eigenvalue weighted by Gasteiger charge is 2.47. The van der Waals surface area contributed by atoms with Gasteiger partial charge in [0.2, 0.25) is 0 Å². The summed E-state index contributed by atoms with van der Waals surface area (Å²) in [4.78, 5) is 0. The normalized spacial score (nSPS) is 33.4. The SMILES string of the molecule is CCCNC(C1CCC(CC)CC1)C1(C)CC1. The number of hydrogen-bond acceptors (Lipinski definition) is 1. The van der Waals surface area contributed by atoms with E-state index in [1.807, 2.05) is 0 Å².